The monoisotopic (exact) mass is 253 g/mol. The molecule has 1 aromatic rings. The largest absolute Gasteiger partial charge is 0.392 e. The van der Waals surface area contributed by atoms with Gasteiger partial charge in [-0.25, -0.2) is 4.98 Å². The predicted molar refractivity (Wildman–Crippen MR) is 62.6 cm³/mol. The maximum Gasteiger partial charge on any atom is 0.302 e. The number of nitrogens with zero attached hydrogens (tertiary/aromatic N) is 3. The number of aliphatic hydroxyl groups excluding tert-OH is 1. The summed E-state index contributed by atoms with van der Waals surface area (Å²) in [7, 11) is 0. The molecule has 0 fully saturated rings. The highest BCUT2D eigenvalue weighted by Gasteiger charge is 2.21. The van der Waals surface area contributed by atoms with Gasteiger partial charge in [-0.3, -0.25) is 10.1 Å². The molecule has 90 valence electrons. The zero-order valence-corrected chi connectivity index (χ0v) is 10.1. The van der Waals surface area contributed by atoms with E-state index in [1.165, 1.54) is 12.3 Å². The SMILES string of the molecule is CC(O)C(C)Sc1ncc(C#N)cc1[N+](=O)[O-]. The van der Waals surface area contributed by atoms with Crippen LogP contribution in [-0.2, 0) is 0 Å². The minimum atomic E-state index is -0.600. The Balaban J connectivity index is 3.08. The Morgan fingerprint density at radius 2 is 2.29 bits per heavy atom. The van der Waals surface area contributed by atoms with Crippen LogP contribution < -0.4 is 0 Å². The average molecular weight is 253 g/mol. The van der Waals surface area contributed by atoms with Gasteiger partial charge in [0.25, 0.3) is 0 Å². The summed E-state index contributed by atoms with van der Waals surface area (Å²) in [6.45, 7) is 3.35. The molecule has 0 aliphatic rings. The van der Waals surface area contributed by atoms with Gasteiger partial charge in [0.15, 0.2) is 5.03 Å². The van der Waals surface area contributed by atoms with Crippen molar-refractivity contribution in [3.05, 3.63) is 27.9 Å². The Bertz CT molecular complexity index is 470. The Labute approximate surface area is 102 Å². The number of rotatable bonds is 4. The number of hydrogen-bond acceptors (Lipinski definition) is 6. The van der Waals surface area contributed by atoms with E-state index in [1.807, 2.05) is 0 Å². The van der Waals surface area contributed by atoms with E-state index < -0.39 is 11.0 Å². The molecule has 1 aromatic heterocycles. The highest BCUT2D eigenvalue weighted by Crippen LogP contribution is 2.31. The Morgan fingerprint density at radius 1 is 1.65 bits per heavy atom. The van der Waals surface area contributed by atoms with Gasteiger partial charge in [0, 0.05) is 17.5 Å². The second kappa shape index (κ2) is 5.61. The number of thioether (sulfide) groups is 1. The summed E-state index contributed by atoms with van der Waals surface area (Å²) in [5.74, 6) is 0. The number of aliphatic hydroxyl groups is 1. The molecule has 0 radical (unpaired) electrons. The van der Waals surface area contributed by atoms with E-state index in [4.69, 9.17) is 5.26 Å². The molecule has 1 rings (SSSR count). The molecule has 0 aromatic carbocycles. The molecule has 0 bridgehead atoms. The van der Waals surface area contributed by atoms with Crippen molar-refractivity contribution in [2.45, 2.75) is 30.2 Å². The minimum absolute atomic E-state index is 0.144. The molecule has 17 heavy (non-hydrogen) atoms. The summed E-state index contributed by atoms with van der Waals surface area (Å²) in [6.07, 6.45) is 0.682. The molecule has 1 heterocycles. The standard InChI is InChI=1S/C10H11N3O3S/c1-6(14)7(2)17-10-9(13(15)16)3-8(4-11)5-12-10/h3,5-7,14H,1-2H3. The van der Waals surface area contributed by atoms with Gasteiger partial charge >= 0.3 is 5.69 Å². The number of nitriles is 1. The van der Waals surface area contributed by atoms with Crippen molar-refractivity contribution in [3.63, 3.8) is 0 Å². The lowest BCUT2D eigenvalue weighted by Gasteiger charge is -2.13. The van der Waals surface area contributed by atoms with Crippen LogP contribution in [0.15, 0.2) is 17.3 Å². The molecule has 1 N–H and O–H groups in total. The molecule has 0 spiro atoms. The summed E-state index contributed by atoms with van der Waals surface area (Å²) < 4.78 is 0. The average Bonchev–Trinajstić information content (AvgIpc) is 2.29. The highest BCUT2D eigenvalue weighted by atomic mass is 32.2. The van der Waals surface area contributed by atoms with Gasteiger partial charge < -0.3 is 5.11 Å². The molecular weight excluding hydrogens is 242 g/mol. The highest BCUT2D eigenvalue weighted by molar-refractivity contribution is 8.00. The lowest BCUT2D eigenvalue weighted by molar-refractivity contribution is -0.388. The molecule has 0 saturated carbocycles. The van der Waals surface area contributed by atoms with Gasteiger partial charge in [-0.15, -0.1) is 0 Å². The third-order valence-corrected chi connectivity index (χ3v) is 3.44. The zero-order valence-electron chi connectivity index (χ0n) is 9.32. The van der Waals surface area contributed by atoms with Crippen molar-refractivity contribution in [2.24, 2.45) is 0 Å². The molecule has 0 aliphatic heterocycles. The summed E-state index contributed by atoms with van der Waals surface area (Å²) in [4.78, 5) is 14.1. The maximum absolute atomic E-state index is 10.8. The summed E-state index contributed by atoms with van der Waals surface area (Å²) in [5, 5.41) is 28.8. The number of hydrogen-bond donors (Lipinski definition) is 1. The molecule has 6 nitrogen and oxygen atoms in total. The number of aromatic nitrogens is 1. The van der Waals surface area contributed by atoms with Crippen molar-refractivity contribution in [1.82, 2.24) is 4.98 Å². The molecule has 7 heteroatoms. The first kappa shape index (κ1) is 13.4. The molecule has 0 aliphatic carbocycles. The van der Waals surface area contributed by atoms with Gasteiger partial charge in [-0.1, -0.05) is 18.7 Å². The topological polar surface area (TPSA) is 100 Å². The second-order valence-corrected chi connectivity index (χ2v) is 4.85. The van der Waals surface area contributed by atoms with E-state index in [0.717, 1.165) is 11.8 Å². The Hall–Kier alpha value is -1.65. The minimum Gasteiger partial charge on any atom is -0.392 e. The first-order chi connectivity index (χ1) is 7.95. The van der Waals surface area contributed by atoms with Crippen LogP contribution in [0.5, 0.6) is 0 Å². The fourth-order valence-electron chi connectivity index (χ4n) is 0.998. The normalized spacial score (nSPS) is 13.8. The zero-order chi connectivity index (χ0) is 13.0. The van der Waals surface area contributed by atoms with E-state index in [-0.39, 0.29) is 21.5 Å². The van der Waals surface area contributed by atoms with E-state index >= 15 is 0 Å². The second-order valence-electron chi connectivity index (χ2n) is 3.48. The van der Waals surface area contributed by atoms with E-state index in [2.05, 4.69) is 4.98 Å². The molecule has 2 atom stereocenters. The van der Waals surface area contributed by atoms with E-state index in [0.29, 0.717) is 0 Å². The van der Waals surface area contributed by atoms with Crippen LogP contribution in [-0.4, -0.2) is 26.4 Å². The van der Waals surface area contributed by atoms with Gasteiger partial charge in [-0.2, -0.15) is 5.26 Å². The number of nitro groups is 1. The third kappa shape index (κ3) is 3.41. The van der Waals surface area contributed by atoms with E-state index in [1.54, 1.807) is 19.9 Å². The molecular formula is C10H11N3O3S. The van der Waals surface area contributed by atoms with Crippen LogP contribution in [0.1, 0.15) is 19.4 Å². The predicted octanol–water partition coefficient (Wildman–Crippen LogP) is 1.72. The summed E-state index contributed by atoms with van der Waals surface area (Å²) in [5.41, 5.74) is -0.0627. The van der Waals surface area contributed by atoms with Crippen LogP contribution in [0.2, 0.25) is 0 Å². The Kier molecular flexibility index (Phi) is 4.43. The lowest BCUT2D eigenvalue weighted by atomic mass is 10.3. The Morgan fingerprint density at radius 3 is 2.76 bits per heavy atom. The number of pyridine rings is 1. The van der Waals surface area contributed by atoms with Gasteiger partial charge in [0.05, 0.1) is 16.6 Å². The fraction of sp³-hybridized carbons (Fsp3) is 0.400. The fourth-order valence-corrected chi connectivity index (χ4v) is 1.91. The smallest absolute Gasteiger partial charge is 0.302 e. The van der Waals surface area contributed by atoms with Crippen LogP contribution in [0.3, 0.4) is 0 Å². The maximum atomic E-state index is 10.8. The lowest BCUT2D eigenvalue weighted by Crippen LogP contribution is -2.15. The van der Waals surface area contributed by atoms with Gasteiger partial charge in [0.1, 0.15) is 6.07 Å². The van der Waals surface area contributed by atoms with Crippen molar-refractivity contribution in [2.75, 3.05) is 0 Å². The van der Waals surface area contributed by atoms with Gasteiger partial charge in [-0.05, 0) is 6.92 Å². The first-order valence-corrected chi connectivity index (χ1v) is 5.73. The van der Waals surface area contributed by atoms with Crippen molar-refractivity contribution in [1.29, 1.82) is 5.26 Å². The summed E-state index contributed by atoms with van der Waals surface area (Å²) >= 11 is 1.11. The van der Waals surface area contributed by atoms with E-state index in [9.17, 15) is 15.2 Å². The van der Waals surface area contributed by atoms with Crippen molar-refractivity contribution < 1.29 is 10.0 Å². The van der Waals surface area contributed by atoms with Crippen LogP contribution >= 0.6 is 11.8 Å². The summed E-state index contributed by atoms with van der Waals surface area (Å²) in [6, 6.07) is 2.98. The molecule has 0 saturated heterocycles. The van der Waals surface area contributed by atoms with Crippen LogP contribution in [0.25, 0.3) is 0 Å². The van der Waals surface area contributed by atoms with Crippen molar-refractivity contribution >= 4 is 17.4 Å². The van der Waals surface area contributed by atoms with Gasteiger partial charge in [0.2, 0.25) is 0 Å². The first-order valence-electron chi connectivity index (χ1n) is 4.85. The van der Waals surface area contributed by atoms with Crippen molar-refractivity contribution in [3.8, 4) is 6.07 Å². The quantitative estimate of drug-likeness (QED) is 0.498. The molecule has 0 amide bonds. The molecule has 2 unspecified atom stereocenters. The van der Waals surface area contributed by atoms with Crippen LogP contribution in [0.4, 0.5) is 5.69 Å². The van der Waals surface area contributed by atoms with Crippen LogP contribution in [0, 0.1) is 21.4 Å². The third-order valence-electron chi connectivity index (χ3n) is 2.13.